The van der Waals surface area contributed by atoms with Crippen molar-refractivity contribution in [2.45, 2.75) is 33.4 Å². The largest absolute Gasteiger partial charge is 0.493 e. The Hall–Kier alpha value is -3.00. The molecule has 0 fully saturated rings. The Bertz CT molecular complexity index is 1430. The number of pyridine rings is 1. The summed E-state index contributed by atoms with van der Waals surface area (Å²) >= 11 is 19.2. The van der Waals surface area contributed by atoms with Gasteiger partial charge in [0.05, 0.1) is 37.9 Å². The fourth-order valence-corrected chi connectivity index (χ4v) is 5.12. The topological polar surface area (TPSA) is 69.5 Å². The Morgan fingerprint density at radius 1 is 1.05 bits per heavy atom. The second-order valence-corrected chi connectivity index (χ2v) is 10.6. The summed E-state index contributed by atoms with van der Waals surface area (Å²) in [5, 5.41) is 1.29. The van der Waals surface area contributed by atoms with Gasteiger partial charge in [0, 0.05) is 22.8 Å². The van der Waals surface area contributed by atoms with E-state index in [1.54, 1.807) is 29.3 Å². The number of ether oxygens (including phenoxy) is 2. The monoisotopic (exact) mass is 574 g/mol. The molecule has 0 N–H and O–H groups in total. The first-order valence-electron chi connectivity index (χ1n) is 12.2. The van der Waals surface area contributed by atoms with Crippen LogP contribution < -0.4 is 9.47 Å². The number of halogens is 3. The maximum absolute atomic E-state index is 13.9. The fourth-order valence-electron chi connectivity index (χ4n) is 4.24. The Morgan fingerprint density at radius 3 is 2.45 bits per heavy atom. The molecule has 0 saturated carbocycles. The van der Waals surface area contributed by atoms with Crippen LogP contribution in [0.1, 0.15) is 42.0 Å². The smallest absolute Gasteiger partial charge is 0.255 e. The van der Waals surface area contributed by atoms with Crippen LogP contribution in [-0.4, -0.2) is 46.1 Å². The van der Waals surface area contributed by atoms with Gasteiger partial charge in [0.15, 0.2) is 17.1 Å². The molecule has 0 unspecified atom stereocenters. The van der Waals surface area contributed by atoms with Crippen LogP contribution in [0.2, 0.25) is 15.1 Å². The molecule has 7 nitrogen and oxygen atoms in total. The van der Waals surface area contributed by atoms with Crippen molar-refractivity contribution in [1.82, 2.24) is 19.4 Å². The van der Waals surface area contributed by atoms with E-state index in [1.807, 2.05) is 28.8 Å². The third kappa shape index (κ3) is 6.17. The SMILES string of the molecule is COc1ccc(C(=O)N(CCC(C)C)Cc2nc3cccnc3n2Cc2cc(Cl)cc(Cl)c2)c(Cl)c1OC. The number of amides is 1. The molecule has 4 aromatic rings. The van der Waals surface area contributed by atoms with Gasteiger partial charge in [-0.15, -0.1) is 0 Å². The van der Waals surface area contributed by atoms with Gasteiger partial charge in [0.1, 0.15) is 11.3 Å². The first-order valence-corrected chi connectivity index (χ1v) is 13.3. The molecular weight excluding hydrogens is 547 g/mol. The van der Waals surface area contributed by atoms with Crippen LogP contribution in [0.4, 0.5) is 0 Å². The van der Waals surface area contributed by atoms with Crippen LogP contribution >= 0.6 is 34.8 Å². The Kier molecular flexibility index (Phi) is 9.03. The summed E-state index contributed by atoms with van der Waals surface area (Å²) in [6, 6.07) is 12.5. The number of carbonyl (C=O) groups is 1. The number of imidazole rings is 1. The number of benzene rings is 2. The van der Waals surface area contributed by atoms with E-state index in [0.717, 1.165) is 17.5 Å². The van der Waals surface area contributed by atoms with E-state index in [-0.39, 0.29) is 17.5 Å². The summed E-state index contributed by atoms with van der Waals surface area (Å²) < 4.78 is 12.8. The molecule has 1 amide bonds. The standard InChI is InChI=1S/C28H29Cl3N4O3/c1-17(2)9-11-34(28(36)21-7-8-23(37-3)26(38-4)25(21)31)16-24-33-22-6-5-10-32-27(22)35(24)15-18-12-19(29)14-20(30)13-18/h5-8,10,12-14,17H,9,11,15-16H2,1-4H3. The minimum Gasteiger partial charge on any atom is -0.493 e. The fraction of sp³-hybridized carbons (Fsp3) is 0.321. The molecule has 0 saturated heterocycles. The van der Waals surface area contributed by atoms with Gasteiger partial charge in [-0.1, -0.05) is 48.7 Å². The quantitative estimate of drug-likeness (QED) is 0.201. The number of aromatic nitrogens is 3. The van der Waals surface area contributed by atoms with E-state index in [9.17, 15) is 4.79 Å². The van der Waals surface area contributed by atoms with Gasteiger partial charge >= 0.3 is 0 Å². The summed E-state index contributed by atoms with van der Waals surface area (Å²) in [6.07, 6.45) is 2.53. The van der Waals surface area contributed by atoms with Crippen molar-refractivity contribution in [2.24, 2.45) is 5.92 Å². The molecule has 0 aliphatic heterocycles. The first kappa shape index (κ1) is 28.0. The number of carbonyl (C=O) groups excluding carboxylic acids is 1. The maximum Gasteiger partial charge on any atom is 0.255 e. The van der Waals surface area contributed by atoms with Crippen LogP contribution in [0.5, 0.6) is 11.5 Å². The third-order valence-corrected chi connectivity index (χ3v) is 6.97. The molecule has 2 heterocycles. The first-order chi connectivity index (χ1) is 18.2. The van der Waals surface area contributed by atoms with E-state index < -0.39 is 0 Å². The number of nitrogens with zero attached hydrogens (tertiary/aromatic N) is 4. The third-order valence-electron chi connectivity index (χ3n) is 6.16. The molecule has 38 heavy (non-hydrogen) atoms. The van der Waals surface area contributed by atoms with Crippen LogP contribution in [-0.2, 0) is 13.1 Å². The van der Waals surface area contributed by atoms with Crippen LogP contribution in [0.15, 0.2) is 48.7 Å². The minimum absolute atomic E-state index is 0.204. The van der Waals surface area contributed by atoms with Gasteiger partial charge in [-0.25, -0.2) is 9.97 Å². The molecule has 2 aromatic carbocycles. The average molecular weight is 576 g/mol. The van der Waals surface area contributed by atoms with E-state index in [1.165, 1.54) is 14.2 Å². The molecule has 4 rings (SSSR count). The van der Waals surface area contributed by atoms with Crippen LogP contribution in [0.25, 0.3) is 11.2 Å². The highest BCUT2D eigenvalue weighted by molar-refractivity contribution is 6.35. The van der Waals surface area contributed by atoms with Crippen molar-refractivity contribution in [2.75, 3.05) is 20.8 Å². The molecular formula is C28H29Cl3N4O3. The van der Waals surface area contributed by atoms with E-state index in [0.29, 0.717) is 57.6 Å². The Balaban J connectivity index is 1.75. The lowest BCUT2D eigenvalue weighted by Crippen LogP contribution is -2.33. The number of fused-ring (bicyclic) bond motifs is 1. The van der Waals surface area contributed by atoms with Crippen molar-refractivity contribution >= 4 is 51.9 Å². The molecule has 0 bridgehead atoms. The highest BCUT2D eigenvalue weighted by Gasteiger charge is 2.25. The van der Waals surface area contributed by atoms with Crippen molar-refractivity contribution in [3.05, 3.63) is 80.7 Å². The van der Waals surface area contributed by atoms with Gasteiger partial charge < -0.3 is 18.9 Å². The summed E-state index contributed by atoms with van der Waals surface area (Å²) in [7, 11) is 3.02. The Labute approximate surface area is 237 Å². The van der Waals surface area contributed by atoms with Crippen molar-refractivity contribution < 1.29 is 14.3 Å². The lowest BCUT2D eigenvalue weighted by molar-refractivity contribution is 0.0729. The van der Waals surface area contributed by atoms with Crippen LogP contribution in [0, 0.1) is 5.92 Å². The molecule has 0 aliphatic rings. The Morgan fingerprint density at radius 2 is 1.79 bits per heavy atom. The number of hydrogen-bond acceptors (Lipinski definition) is 5. The van der Waals surface area contributed by atoms with E-state index >= 15 is 0 Å². The molecule has 200 valence electrons. The molecule has 2 aromatic heterocycles. The average Bonchev–Trinajstić information content (AvgIpc) is 3.21. The van der Waals surface area contributed by atoms with E-state index in [4.69, 9.17) is 49.3 Å². The van der Waals surface area contributed by atoms with E-state index in [2.05, 4.69) is 18.8 Å². The normalized spacial score (nSPS) is 11.3. The maximum atomic E-state index is 13.9. The lowest BCUT2D eigenvalue weighted by Gasteiger charge is -2.25. The van der Waals surface area contributed by atoms with Gasteiger partial charge in [0.25, 0.3) is 5.91 Å². The highest BCUT2D eigenvalue weighted by atomic mass is 35.5. The zero-order valence-corrected chi connectivity index (χ0v) is 23.9. The van der Waals surface area contributed by atoms with Gasteiger partial charge in [0.2, 0.25) is 0 Å². The van der Waals surface area contributed by atoms with Gasteiger partial charge in [-0.05, 0) is 60.4 Å². The molecule has 10 heteroatoms. The van der Waals surface area contributed by atoms with Gasteiger partial charge in [-0.3, -0.25) is 4.79 Å². The lowest BCUT2D eigenvalue weighted by atomic mass is 10.1. The second-order valence-electron chi connectivity index (χ2n) is 9.31. The summed E-state index contributed by atoms with van der Waals surface area (Å²) in [4.78, 5) is 25.0. The van der Waals surface area contributed by atoms with Crippen LogP contribution in [0.3, 0.4) is 0 Å². The van der Waals surface area contributed by atoms with Crippen molar-refractivity contribution in [3.63, 3.8) is 0 Å². The number of rotatable bonds is 10. The predicted molar refractivity (Wildman–Crippen MR) is 152 cm³/mol. The zero-order chi connectivity index (χ0) is 27.4. The minimum atomic E-state index is -0.228. The summed E-state index contributed by atoms with van der Waals surface area (Å²) in [6.45, 7) is 5.44. The summed E-state index contributed by atoms with van der Waals surface area (Å²) in [5.41, 5.74) is 2.67. The molecule has 0 radical (unpaired) electrons. The van der Waals surface area contributed by atoms with Gasteiger partial charge in [-0.2, -0.15) is 0 Å². The number of methoxy groups -OCH3 is 2. The highest BCUT2D eigenvalue weighted by Crippen LogP contribution is 2.38. The van der Waals surface area contributed by atoms with Crippen molar-refractivity contribution in [1.29, 1.82) is 0 Å². The predicted octanol–water partition coefficient (Wildman–Crippen LogP) is 7.15. The molecule has 0 atom stereocenters. The zero-order valence-electron chi connectivity index (χ0n) is 21.7. The molecule has 0 aliphatic carbocycles. The van der Waals surface area contributed by atoms with Crippen molar-refractivity contribution in [3.8, 4) is 11.5 Å². The number of hydrogen-bond donors (Lipinski definition) is 0. The summed E-state index contributed by atoms with van der Waals surface area (Å²) in [5.74, 6) is 1.62. The second kappa shape index (κ2) is 12.2. The molecule has 0 spiro atoms.